The van der Waals surface area contributed by atoms with E-state index >= 15 is 0 Å². The molecule has 6 nitrogen and oxygen atoms in total. The van der Waals surface area contributed by atoms with Crippen LogP contribution in [-0.2, 0) is 16.6 Å². The van der Waals surface area contributed by atoms with Crippen molar-refractivity contribution in [1.82, 2.24) is 15.1 Å². The number of amides is 1. The van der Waals surface area contributed by atoms with Crippen LogP contribution >= 0.6 is 0 Å². The van der Waals surface area contributed by atoms with E-state index in [2.05, 4.69) is 10.4 Å². The van der Waals surface area contributed by atoms with Gasteiger partial charge in [-0.1, -0.05) is 12.8 Å². The van der Waals surface area contributed by atoms with Crippen molar-refractivity contribution in [2.75, 3.05) is 0 Å². The summed E-state index contributed by atoms with van der Waals surface area (Å²) in [5.74, 6) is -1.99. The lowest BCUT2D eigenvalue weighted by molar-refractivity contribution is -0.149. The Kier molecular flexibility index (Phi) is 4.65. The first-order valence-electron chi connectivity index (χ1n) is 7.43. The third kappa shape index (κ3) is 3.43. The van der Waals surface area contributed by atoms with Crippen molar-refractivity contribution in [3.8, 4) is 0 Å². The first-order valence-corrected chi connectivity index (χ1v) is 7.43. The van der Waals surface area contributed by atoms with Crippen LogP contribution < -0.4 is 5.32 Å². The highest BCUT2D eigenvalue weighted by molar-refractivity contribution is 5.85. The Balaban J connectivity index is 2.06. The van der Waals surface area contributed by atoms with Gasteiger partial charge in [0.05, 0.1) is 23.6 Å². The number of carbonyl (C=O) groups excluding carboxylic acids is 1. The molecule has 0 saturated heterocycles. The number of nitrogens with zero attached hydrogens (tertiary/aromatic N) is 2. The van der Waals surface area contributed by atoms with E-state index < -0.39 is 17.8 Å². The van der Waals surface area contributed by atoms with Gasteiger partial charge in [0.15, 0.2) is 0 Å². The molecule has 2 rings (SSSR count). The van der Waals surface area contributed by atoms with E-state index in [1.54, 1.807) is 4.68 Å². The molecule has 0 bridgehead atoms. The molecule has 0 aliphatic heterocycles. The van der Waals surface area contributed by atoms with Gasteiger partial charge in [-0.05, 0) is 26.7 Å². The minimum atomic E-state index is -0.861. The summed E-state index contributed by atoms with van der Waals surface area (Å²) in [7, 11) is 1.84. The SMILES string of the molecule is Cc1nn(C)cc1C(C)NC(=O)C1CCCCC1C(=O)O. The summed E-state index contributed by atoms with van der Waals surface area (Å²) < 4.78 is 1.72. The summed E-state index contributed by atoms with van der Waals surface area (Å²) in [6.07, 6.45) is 4.94. The Bertz CT molecular complexity index is 538. The molecular weight excluding hydrogens is 270 g/mol. The van der Waals surface area contributed by atoms with Crippen LogP contribution in [-0.4, -0.2) is 26.8 Å². The molecular formula is C15H23N3O3. The van der Waals surface area contributed by atoms with Crippen molar-refractivity contribution in [2.45, 2.75) is 45.6 Å². The second kappa shape index (κ2) is 6.28. The number of rotatable bonds is 4. The molecule has 3 unspecified atom stereocenters. The molecule has 21 heavy (non-hydrogen) atoms. The highest BCUT2D eigenvalue weighted by atomic mass is 16.4. The summed E-state index contributed by atoms with van der Waals surface area (Å²) in [6, 6.07) is -0.164. The van der Waals surface area contributed by atoms with Crippen LogP contribution in [0.25, 0.3) is 0 Å². The minimum absolute atomic E-state index is 0.155. The number of carboxylic acid groups (broad SMARTS) is 1. The third-order valence-electron chi connectivity index (χ3n) is 4.30. The monoisotopic (exact) mass is 293 g/mol. The second-order valence-corrected chi connectivity index (χ2v) is 5.91. The summed E-state index contributed by atoms with van der Waals surface area (Å²) in [6.45, 7) is 3.80. The standard InChI is InChI=1S/C15H23N3O3/c1-9(13-8-18(3)17-10(13)2)16-14(19)11-6-4-5-7-12(11)15(20)21/h8-9,11-12H,4-7H2,1-3H3,(H,16,19)(H,20,21). The van der Waals surface area contributed by atoms with E-state index in [0.717, 1.165) is 24.1 Å². The van der Waals surface area contributed by atoms with E-state index in [-0.39, 0.29) is 11.9 Å². The van der Waals surface area contributed by atoms with Crippen LogP contribution in [0.1, 0.15) is 49.9 Å². The fourth-order valence-electron chi connectivity index (χ4n) is 3.18. The maximum atomic E-state index is 12.4. The van der Waals surface area contributed by atoms with Crippen LogP contribution in [0.15, 0.2) is 6.20 Å². The Morgan fingerprint density at radius 1 is 1.38 bits per heavy atom. The smallest absolute Gasteiger partial charge is 0.307 e. The van der Waals surface area contributed by atoms with Crippen LogP contribution in [0.2, 0.25) is 0 Å². The van der Waals surface area contributed by atoms with Gasteiger partial charge in [0.2, 0.25) is 5.91 Å². The van der Waals surface area contributed by atoms with Gasteiger partial charge in [-0.15, -0.1) is 0 Å². The average Bonchev–Trinajstić information content (AvgIpc) is 2.77. The van der Waals surface area contributed by atoms with Crippen LogP contribution in [0.4, 0.5) is 0 Å². The Morgan fingerprint density at radius 3 is 2.52 bits per heavy atom. The lowest BCUT2D eigenvalue weighted by Crippen LogP contribution is -2.40. The number of aromatic nitrogens is 2. The fourth-order valence-corrected chi connectivity index (χ4v) is 3.18. The first kappa shape index (κ1) is 15.5. The molecule has 0 aromatic carbocycles. The van der Waals surface area contributed by atoms with Crippen LogP contribution in [0.5, 0.6) is 0 Å². The number of carboxylic acids is 1. The fraction of sp³-hybridized carbons (Fsp3) is 0.667. The van der Waals surface area contributed by atoms with E-state index in [4.69, 9.17) is 0 Å². The lowest BCUT2D eigenvalue weighted by Gasteiger charge is -2.28. The van der Waals surface area contributed by atoms with Gasteiger partial charge in [-0.3, -0.25) is 14.3 Å². The molecule has 1 aliphatic carbocycles. The molecule has 116 valence electrons. The summed E-state index contributed by atoms with van der Waals surface area (Å²) in [4.78, 5) is 23.7. The second-order valence-electron chi connectivity index (χ2n) is 5.91. The summed E-state index contributed by atoms with van der Waals surface area (Å²) in [5, 5.41) is 16.5. The molecule has 1 aliphatic rings. The zero-order valence-corrected chi connectivity index (χ0v) is 12.8. The van der Waals surface area contributed by atoms with Crippen molar-refractivity contribution in [3.05, 3.63) is 17.5 Å². The normalized spacial score (nSPS) is 23.6. The topological polar surface area (TPSA) is 84.2 Å². The quantitative estimate of drug-likeness (QED) is 0.886. The highest BCUT2D eigenvalue weighted by Crippen LogP contribution is 2.31. The lowest BCUT2D eigenvalue weighted by atomic mass is 9.78. The van der Waals surface area contributed by atoms with Crippen molar-refractivity contribution in [3.63, 3.8) is 0 Å². The predicted octanol–water partition coefficient (Wildman–Crippen LogP) is 1.80. The molecule has 2 N–H and O–H groups in total. The van der Waals surface area contributed by atoms with E-state index in [1.165, 1.54) is 0 Å². The Labute approximate surface area is 124 Å². The molecule has 1 saturated carbocycles. The van der Waals surface area contributed by atoms with Crippen molar-refractivity contribution in [1.29, 1.82) is 0 Å². The van der Waals surface area contributed by atoms with Gasteiger partial charge in [0, 0.05) is 18.8 Å². The molecule has 0 radical (unpaired) electrons. The van der Waals surface area contributed by atoms with E-state index in [9.17, 15) is 14.7 Å². The van der Waals surface area contributed by atoms with Gasteiger partial charge in [0.25, 0.3) is 0 Å². The molecule has 1 aromatic rings. The molecule has 1 amide bonds. The van der Waals surface area contributed by atoms with Gasteiger partial charge < -0.3 is 10.4 Å². The maximum absolute atomic E-state index is 12.4. The third-order valence-corrected chi connectivity index (χ3v) is 4.30. The Morgan fingerprint density at radius 2 is 2.00 bits per heavy atom. The number of hydrogen-bond donors (Lipinski definition) is 2. The molecule has 3 atom stereocenters. The molecule has 0 spiro atoms. The number of aliphatic carboxylic acids is 1. The summed E-state index contributed by atoms with van der Waals surface area (Å²) >= 11 is 0. The van der Waals surface area contributed by atoms with Gasteiger partial charge in [0.1, 0.15) is 0 Å². The highest BCUT2D eigenvalue weighted by Gasteiger charge is 2.36. The summed E-state index contributed by atoms with van der Waals surface area (Å²) in [5.41, 5.74) is 1.84. The predicted molar refractivity (Wildman–Crippen MR) is 77.6 cm³/mol. The number of hydrogen-bond acceptors (Lipinski definition) is 3. The van der Waals surface area contributed by atoms with Crippen molar-refractivity contribution in [2.24, 2.45) is 18.9 Å². The first-order chi connectivity index (χ1) is 9.90. The molecule has 6 heteroatoms. The Hall–Kier alpha value is -1.85. The maximum Gasteiger partial charge on any atom is 0.307 e. The van der Waals surface area contributed by atoms with E-state index in [0.29, 0.717) is 12.8 Å². The van der Waals surface area contributed by atoms with Gasteiger partial charge in [-0.25, -0.2) is 0 Å². The average molecular weight is 293 g/mol. The van der Waals surface area contributed by atoms with Crippen molar-refractivity contribution < 1.29 is 14.7 Å². The largest absolute Gasteiger partial charge is 0.481 e. The minimum Gasteiger partial charge on any atom is -0.481 e. The van der Waals surface area contributed by atoms with E-state index in [1.807, 2.05) is 27.1 Å². The zero-order valence-electron chi connectivity index (χ0n) is 12.8. The molecule has 1 heterocycles. The van der Waals surface area contributed by atoms with Crippen LogP contribution in [0, 0.1) is 18.8 Å². The van der Waals surface area contributed by atoms with Gasteiger partial charge in [-0.2, -0.15) is 5.10 Å². The van der Waals surface area contributed by atoms with Gasteiger partial charge >= 0.3 is 5.97 Å². The molecule has 1 aromatic heterocycles. The number of nitrogens with one attached hydrogen (secondary N) is 1. The molecule has 1 fully saturated rings. The van der Waals surface area contributed by atoms with Crippen molar-refractivity contribution >= 4 is 11.9 Å². The zero-order chi connectivity index (χ0) is 15.6. The number of aryl methyl sites for hydroxylation is 2. The van der Waals surface area contributed by atoms with Crippen LogP contribution in [0.3, 0.4) is 0 Å². The number of carbonyl (C=O) groups is 2.